The molecule has 0 aromatic carbocycles. The maximum absolute atomic E-state index is 13.0. The number of phosphoric ester groups is 2. The van der Waals surface area contributed by atoms with E-state index in [1.165, 1.54) is 135 Å². The fraction of sp³-hybridized carbons (Fsp3) is 0.938. The summed E-state index contributed by atoms with van der Waals surface area (Å²) in [6, 6.07) is 0. The van der Waals surface area contributed by atoms with Gasteiger partial charge in [0.25, 0.3) is 0 Å². The summed E-state index contributed by atoms with van der Waals surface area (Å²) in [7, 11) is -9.88. The van der Waals surface area contributed by atoms with Crippen LogP contribution < -0.4 is 0 Å². The van der Waals surface area contributed by atoms with E-state index in [9.17, 15) is 43.2 Å². The van der Waals surface area contributed by atoms with Crippen molar-refractivity contribution in [1.29, 1.82) is 0 Å². The van der Waals surface area contributed by atoms with E-state index in [1.54, 1.807) is 0 Å². The average molecular weight is 1230 g/mol. The first kappa shape index (κ1) is 81.1. The molecule has 0 saturated carbocycles. The molecule has 0 bridgehead atoms. The van der Waals surface area contributed by atoms with E-state index in [-0.39, 0.29) is 25.7 Å². The summed E-state index contributed by atoms with van der Waals surface area (Å²) in [5.74, 6) is -1.37. The predicted octanol–water partition coefficient (Wildman–Crippen LogP) is 17.8. The minimum Gasteiger partial charge on any atom is -0.462 e. The second-order valence-corrected chi connectivity index (χ2v) is 26.5. The molecular formula is C64H124O17P2. The molecule has 3 N–H and O–H groups in total. The van der Waals surface area contributed by atoms with Crippen LogP contribution in [0.1, 0.15) is 324 Å². The predicted molar refractivity (Wildman–Crippen MR) is 331 cm³/mol. The zero-order valence-electron chi connectivity index (χ0n) is 53.3. The highest BCUT2D eigenvalue weighted by atomic mass is 31.2. The maximum Gasteiger partial charge on any atom is 0.472 e. The lowest BCUT2D eigenvalue weighted by Crippen LogP contribution is -2.30. The topological polar surface area (TPSA) is 237 Å². The number of carbonyl (C=O) groups is 4. The lowest BCUT2D eigenvalue weighted by molar-refractivity contribution is -0.161. The van der Waals surface area contributed by atoms with Gasteiger partial charge in [-0.3, -0.25) is 37.3 Å². The van der Waals surface area contributed by atoms with Crippen LogP contribution in [0.15, 0.2) is 0 Å². The Kier molecular flexibility index (Phi) is 56.4. The van der Waals surface area contributed by atoms with Crippen molar-refractivity contribution < 1.29 is 80.2 Å². The van der Waals surface area contributed by atoms with Crippen LogP contribution >= 0.6 is 15.6 Å². The first-order valence-corrected chi connectivity index (χ1v) is 36.6. The van der Waals surface area contributed by atoms with Gasteiger partial charge in [0, 0.05) is 25.7 Å². The molecule has 0 aliphatic rings. The number of esters is 4. The minimum absolute atomic E-state index is 0.107. The van der Waals surface area contributed by atoms with Crippen LogP contribution in [0.4, 0.5) is 0 Å². The van der Waals surface area contributed by atoms with Gasteiger partial charge < -0.3 is 33.8 Å². The number of unbranched alkanes of at least 4 members (excludes halogenated alkanes) is 36. The molecule has 0 rings (SSSR count). The van der Waals surface area contributed by atoms with E-state index < -0.39 is 97.5 Å². The standard InChI is InChI=1S/C64H124O17P2/c1-6-9-12-15-18-20-23-28-33-38-43-48-62(67)75-54-60(81-64(69)50-45-40-35-30-26-22-25-27-32-36-41-46-57(4)5)56-79-83(72,73)77-52-58(65)51-76-82(70,71)78-55-59(53-74-61(66)47-42-37-31-17-14-11-8-3)80-63(68)49-44-39-34-29-24-21-19-16-13-10-7-2/h57-60,65H,6-56H2,1-5H3,(H,70,71)(H,72,73)/t58-,59+,60+/m0/s1. The SMILES string of the molecule is CCCCCCCCCCCCCC(=O)OC[C@H](COP(=O)(O)OC[C@@H](O)COP(=O)(O)OC[C@@H](COC(=O)CCCCCCCCC)OC(=O)CCCCCCCCCCCCC)OC(=O)CCCCCCCCCCCCCC(C)C. The van der Waals surface area contributed by atoms with Gasteiger partial charge in [-0.1, -0.05) is 272 Å². The van der Waals surface area contributed by atoms with Gasteiger partial charge in [-0.05, 0) is 31.6 Å². The van der Waals surface area contributed by atoms with Gasteiger partial charge >= 0.3 is 39.5 Å². The quantitative estimate of drug-likeness (QED) is 0.0222. The molecule has 0 aromatic heterocycles. The van der Waals surface area contributed by atoms with Crippen LogP contribution in [-0.4, -0.2) is 96.7 Å². The van der Waals surface area contributed by atoms with E-state index in [0.717, 1.165) is 109 Å². The van der Waals surface area contributed by atoms with Crippen LogP contribution in [0.5, 0.6) is 0 Å². The van der Waals surface area contributed by atoms with E-state index >= 15 is 0 Å². The highest BCUT2D eigenvalue weighted by molar-refractivity contribution is 7.47. The summed E-state index contributed by atoms with van der Waals surface area (Å²) in [5.41, 5.74) is 0. The lowest BCUT2D eigenvalue weighted by Gasteiger charge is -2.21. The fourth-order valence-corrected chi connectivity index (χ4v) is 11.2. The van der Waals surface area contributed by atoms with Crippen LogP contribution in [-0.2, 0) is 65.4 Å². The summed E-state index contributed by atoms with van der Waals surface area (Å²) >= 11 is 0. The third kappa shape index (κ3) is 58.8. The van der Waals surface area contributed by atoms with E-state index in [1.807, 2.05) is 0 Å². The Morgan fingerprint density at radius 3 is 0.819 bits per heavy atom. The molecular weight excluding hydrogens is 1100 g/mol. The number of aliphatic hydroxyl groups is 1. The number of hydrogen-bond acceptors (Lipinski definition) is 15. The number of ether oxygens (including phenoxy) is 4. The molecule has 2 unspecified atom stereocenters. The maximum atomic E-state index is 13.0. The van der Waals surface area contributed by atoms with Crippen molar-refractivity contribution in [2.24, 2.45) is 5.92 Å². The molecule has 0 aliphatic heterocycles. The van der Waals surface area contributed by atoms with Crippen LogP contribution in [0.3, 0.4) is 0 Å². The summed E-state index contributed by atoms with van der Waals surface area (Å²) in [4.78, 5) is 72.1. The molecule has 0 spiro atoms. The van der Waals surface area contributed by atoms with Crippen LogP contribution in [0.2, 0.25) is 0 Å². The summed E-state index contributed by atoms with van der Waals surface area (Å²) in [6.07, 6.45) is 41.7. The molecule has 0 aromatic rings. The second-order valence-electron chi connectivity index (χ2n) is 23.6. The monoisotopic (exact) mass is 1230 g/mol. The highest BCUT2D eigenvalue weighted by Crippen LogP contribution is 2.45. The van der Waals surface area contributed by atoms with Gasteiger partial charge in [-0.25, -0.2) is 9.13 Å². The van der Waals surface area contributed by atoms with Crippen molar-refractivity contribution in [2.45, 2.75) is 342 Å². The van der Waals surface area contributed by atoms with Gasteiger partial charge in [0.15, 0.2) is 12.2 Å². The van der Waals surface area contributed by atoms with Crippen molar-refractivity contribution in [2.75, 3.05) is 39.6 Å². The Morgan fingerprint density at radius 2 is 0.554 bits per heavy atom. The third-order valence-corrected chi connectivity index (χ3v) is 16.7. The summed E-state index contributed by atoms with van der Waals surface area (Å²) < 4.78 is 67.9. The molecule has 17 nitrogen and oxygen atoms in total. The molecule has 0 radical (unpaired) electrons. The number of rotatable bonds is 64. The van der Waals surface area contributed by atoms with Crippen molar-refractivity contribution in [3.63, 3.8) is 0 Å². The molecule has 0 amide bonds. The van der Waals surface area contributed by atoms with Crippen LogP contribution in [0, 0.1) is 5.92 Å². The molecule has 492 valence electrons. The number of hydrogen-bond donors (Lipinski definition) is 3. The number of aliphatic hydroxyl groups excluding tert-OH is 1. The van der Waals surface area contributed by atoms with Gasteiger partial charge in [-0.15, -0.1) is 0 Å². The average Bonchev–Trinajstić information content (AvgIpc) is 3.47. The zero-order chi connectivity index (χ0) is 61.3. The first-order valence-electron chi connectivity index (χ1n) is 33.6. The van der Waals surface area contributed by atoms with Gasteiger partial charge in [0.05, 0.1) is 26.4 Å². The van der Waals surface area contributed by atoms with Crippen molar-refractivity contribution >= 4 is 39.5 Å². The van der Waals surface area contributed by atoms with E-state index in [0.29, 0.717) is 25.7 Å². The summed E-state index contributed by atoms with van der Waals surface area (Å²) in [6.45, 7) is 7.15. The zero-order valence-corrected chi connectivity index (χ0v) is 55.1. The Hall–Kier alpha value is -1.94. The molecule has 0 saturated heterocycles. The van der Waals surface area contributed by atoms with Crippen molar-refractivity contribution in [3.8, 4) is 0 Å². The van der Waals surface area contributed by atoms with Crippen molar-refractivity contribution in [1.82, 2.24) is 0 Å². The molecule has 19 heteroatoms. The van der Waals surface area contributed by atoms with Gasteiger partial charge in [-0.2, -0.15) is 0 Å². The Morgan fingerprint density at radius 1 is 0.325 bits per heavy atom. The van der Waals surface area contributed by atoms with Crippen molar-refractivity contribution in [3.05, 3.63) is 0 Å². The lowest BCUT2D eigenvalue weighted by atomic mass is 10.0. The van der Waals surface area contributed by atoms with Crippen LogP contribution in [0.25, 0.3) is 0 Å². The molecule has 83 heavy (non-hydrogen) atoms. The normalized spacial score (nSPS) is 14.2. The molecule has 0 heterocycles. The molecule has 0 aliphatic carbocycles. The third-order valence-electron chi connectivity index (χ3n) is 14.8. The fourth-order valence-electron chi connectivity index (χ4n) is 9.58. The van der Waals surface area contributed by atoms with E-state index in [4.69, 9.17) is 37.0 Å². The largest absolute Gasteiger partial charge is 0.472 e. The number of phosphoric acid groups is 2. The van der Waals surface area contributed by atoms with Gasteiger partial charge in [0.1, 0.15) is 19.3 Å². The minimum atomic E-state index is -4.94. The first-order chi connectivity index (χ1) is 40.0. The second kappa shape index (κ2) is 57.8. The van der Waals surface area contributed by atoms with Gasteiger partial charge in [0.2, 0.25) is 0 Å². The Balaban J connectivity index is 5.21. The Labute approximate surface area is 505 Å². The summed E-state index contributed by atoms with van der Waals surface area (Å²) in [5, 5.41) is 10.5. The molecule has 5 atom stereocenters. The molecule has 0 fully saturated rings. The Bertz CT molecular complexity index is 1620. The highest BCUT2D eigenvalue weighted by Gasteiger charge is 2.30. The number of carbonyl (C=O) groups excluding carboxylic acids is 4. The van der Waals surface area contributed by atoms with E-state index in [2.05, 4.69) is 34.6 Å². The smallest absolute Gasteiger partial charge is 0.462 e.